The predicted molar refractivity (Wildman–Crippen MR) is 68.6 cm³/mol. The van der Waals surface area contributed by atoms with Crippen molar-refractivity contribution in [1.29, 1.82) is 0 Å². The maximum Gasteiger partial charge on any atom is 0.230 e. The molecule has 0 saturated heterocycles. The van der Waals surface area contributed by atoms with Crippen LogP contribution in [0.1, 0.15) is 19.8 Å². The van der Waals surface area contributed by atoms with Crippen molar-refractivity contribution in [3.8, 4) is 0 Å². The first-order chi connectivity index (χ1) is 7.99. The number of rotatable bonds is 6. The van der Waals surface area contributed by atoms with Crippen LogP contribution in [0.15, 0.2) is 0 Å². The Hall–Kier alpha value is -1.14. The average Bonchev–Trinajstić information content (AvgIpc) is 2.23. The van der Waals surface area contributed by atoms with Crippen LogP contribution in [0.25, 0.3) is 0 Å². The number of aliphatic hydroxyl groups is 1. The van der Waals surface area contributed by atoms with Crippen LogP contribution in [0.5, 0.6) is 0 Å². The molecule has 1 unspecified atom stereocenters. The van der Waals surface area contributed by atoms with Gasteiger partial charge >= 0.3 is 0 Å². The van der Waals surface area contributed by atoms with Crippen LogP contribution in [-0.4, -0.2) is 46.8 Å². The molecule has 0 aromatic carbocycles. The van der Waals surface area contributed by atoms with E-state index in [1.165, 1.54) is 0 Å². The average molecular weight is 260 g/mol. The van der Waals surface area contributed by atoms with Crippen LogP contribution in [-0.2, 0) is 0 Å². The molecule has 0 saturated carbocycles. The van der Waals surface area contributed by atoms with Gasteiger partial charge in [-0.2, -0.15) is 15.0 Å². The highest BCUT2D eigenvalue weighted by Crippen LogP contribution is 2.11. The van der Waals surface area contributed by atoms with Crippen LogP contribution in [0.4, 0.5) is 11.9 Å². The van der Waals surface area contributed by atoms with Gasteiger partial charge in [-0.3, -0.25) is 0 Å². The van der Waals surface area contributed by atoms with Gasteiger partial charge in [0.05, 0.1) is 6.10 Å². The standard InChI is InChI=1S/C10H18ClN5O/c1-7(17)5-4-6-12-9-13-8(11)14-10(15-9)16(2)3/h7,17H,4-6H2,1-3H3,(H,12,13,14,15). The monoisotopic (exact) mass is 259 g/mol. The summed E-state index contributed by atoms with van der Waals surface area (Å²) < 4.78 is 0. The van der Waals surface area contributed by atoms with Crippen molar-refractivity contribution in [3.63, 3.8) is 0 Å². The summed E-state index contributed by atoms with van der Waals surface area (Å²) in [5.74, 6) is 0.974. The summed E-state index contributed by atoms with van der Waals surface area (Å²) in [6.07, 6.45) is 1.31. The fourth-order valence-corrected chi connectivity index (χ4v) is 1.37. The van der Waals surface area contributed by atoms with Crippen LogP contribution in [0.3, 0.4) is 0 Å². The van der Waals surface area contributed by atoms with E-state index in [4.69, 9.17) is 16.7 Å². The molecule has 1 atom stereocenters. The number of nitrogens with zero attached hydrogens (tertiary/aromatic N) is 4. The van der Waals surface area contributed by atoms with Crippen molar-refractivity contribution in [2.75, 3.05) is 30.9 Å². The summed E-state index contributed by atoms with van der Waals surface area (Å²) in [4.78, 5) is 13.9. The van der Waals surface area contributed by atoms with Crippen molar-refractivity contribution < 1.29 is 5.11 Å². The van der Waals surface area contributed by atoms with E-state index in [0.29, 0.717) is 18.4 Å². The van der Waals surface area contributed by atoms with Gasteiger partial charge in [-0.05, 0) is 31.4 Å². The lowest BCUT2D eigenvalue weighted by atomic mass is 10.2. The number of hydrogen-bond donors (Lipinski definition) is 2. The molecule has 0 radical (unpaired) electrons. The topological polar surface area (TPSA) is 74.2 Å². The van der Waals surface area contributed by atoms with Crippen molar-refractivity contribution in [1.82, 2.24) is 15.0 Å². The van der Waals surface area contributed by atoms with E-state index < -0.39 is 0 Å². The molecule has 6 nitrogen and oxygen atoms in total. The first-order valence-electron chi connectivity index (χ1n) is 5.50. The zero-order valence-electron chi connectivity index (χ0n) is 10.3. The quantitative estimate of drug-likeness (QED) is 0.747. The number of nitrogens with one attached hydrogen (secondary N) is 1. The van der Waals surface area contributed by atoms with E-state index >= 15 is 0 Å². The second-order valence-corrected chi connectivity index (χ2v) is 4.38. The third-order valence-electron chi connectivity index (χ3n) is 2.08. The third-order valence-corrected chi connectivity index (χ3v) is 2.25. The Kier molecular flexibility index (Phi) is 5.37. The van der Waals surface area contributed by atoms with E-state index in [1.54, 1.807) is 11.8 Å². The summed E-state index contributed by atoms with van der Waals surface area (Å²) in [5, 5.41) is 12.3. The maximum atomic E-state index is 9.11. The Morgan fingerprint density at radius 2 is 2.06 bits per heavy atom. The van der Waals surface area contributed by atoms with Gasteiger partial charge in [-0.1, -0.05) is 0 Å². The number of halogens is 1. The van der Waals surface area contributed by atoms with Crippen molar-refractivity contribution in [2.45, 2.75) is 25.9 Å². The normalized spacial score (nSPS) is 12.3. The molecule has 96 valence electrons. The Bertz CT molecular complexity index is 359. The van der Waals surface area contributed by atoms with Gasteiger partial charge in [0.1, 0.15) is 0 Å². The molecule has 0 spiro atoms. The summed E-state index contributed by atoms with van der Waals surface area (Å²) >= 11 is 5.79. The first kappa shape index (κ1) is 13.9. The zero-order valence-corrected chi connectivity index (χ0v) is 11.1. The predicted octanol–water partition coefficient (Wildman–Crippen LogP) is 1.16. The summed E-state index contributed by atoms with van der Waals surface area (Å²) in [6, 6.07) is 0. The number of anilines is 2. The lowest BCUT2D eigenvalue weighted by Gasteiger charge is -2.12. The molecular formula is C10H18ClN5O. The molecule has 0 aliphatic heterocycles. The molecular weight excluding hydrogens is 242 g/mol. The number of aliphatic hydroxyl groups excluding tert-OH is 1. The highest BCUT2D eigenvalue weighted by molar-refractivity contribution is 6.28. The lowest BCUT2D eigenvalue weighted by molar-refractivity contribution is 0.183. The molecule has 1 rings (SSSR count). The van der Waals surface area contributed by atoms with Gasteiger partial charge in [0.15, 0.2) is 0 Å². The Morgan fingerprint density at radius 1 is 1.35 bits per heavy atom. The van der Waals surface area contributed by atoms with Gasteiger partial charge in [0.25, 0.3) is 0 Å². The smallest absolute Gasteiger partial charge is 0.230 e. The molecule has 1 aromatic rings. The highest BCUT2D eigenvalue weighted by Gasteiger charge is 2.06. The van der Waals surface area contributed by atoms with E-state index in [0.717, 1.165) is 12.8 Å². The summed E-state index contributed by atoms with van der Waals surface area (Å²) in [6.45, 7) is 2.46. The fraction of sp³-hybridized carbons (Fsp3) is 0.700. The van der Waals surface area contributed by atoms with Gasteiger partial charge < -0.3 is 15.3 Å². The second kappa shape index (κ2) is 6.56. The molecule has 0 fully saturated rings. The number of aromatic nitrogens is 3. The zero-order chi connectivity index (χ0) is 12.8. The van der Waals surface area contributed by atoms with E-state index in [1.807, 2.05) is 14.1 Å². The van der Waals surface area contributed by atoms with Crippen LogP contribution in [0, 0.1) is 0 Å². The largest absolute Gasteiger partial charge is 0.393 e. The molecule has 0 bridgehead atoms. The van der Waals surface area contributed by atoms with Crippen LogP contribution < -0.4 is 10.2 Å². The Balaban J connectivity index is 2.53. The lowest BCUT2D eigenvalue weighted by Crippen LogP contribution is -2.16. The molecule has 0 amide bonds. The Labute approximate surface area is 106 Å². The molecule has 2 N–H and O–H groups in total. The van der Waals surface area contributed by atoms with E-state index in [2.05, 4.69) is 20.3 Å². The highest BCUT2D eigenvalue weighted by atomic mass is 35.5. The van der Waals surface area contributed by atoms with E-state index in [9.17, 15) is 0 Å². The van der Waals surface area contributed by atoms with Crippen molar-refractivity contribution in [2.24, 2.45) is 0 Å². The van der Waals surface area contributed by atoms with Crippen LogP contribution >= 0.6 is 11.6 Å². The molecule has 7 heteroatoms. The van der Waals surface area contributed by atoms with Gasteiger partial charge in [-0.25, -0.2) is 0 Å². The third kappa shape index (κ3) is 5.14. The maximum absolute atomic E-state index is 9.11. The van der Waals surface area contributed by atoms with Crippen LogP contribution in [0.2, 0.25) is 5.28 Å². The molecule has 1 aromatic heterocycles. The SMILES string of the molecule is CC(O)CCCNc1nc(Cl)nc(N(C)C)n1. The van der Waals surface area contributed by atoms with Crippen molar-refractivity contribution >= 4 is 23.5 Å². The van der Waals surface area contributed by atoms with Gasteiger partial charge in [0.2, 0.25) is 17.2 Å². The summed E-state index contributed by atoms with van der Waals surface area (Å²) in [7, 11) is 3.67. The molecule has 17 heavy (non-hydrogen) atoms. The van der Waals surface area contributed by atoms with E-state index in [-0.39, 0.29) is 11.4 Å². The molecule has 0 aliphatic carbocycles. The van der Waals surface area contributed by atoms with Crippen molar-refractivity contribution in [3.05, 3.63) is 5.28 Å². The minimum Gasteiger partial charge on any atom is -0.393 e. The first-order valence-corrected chi connectivity index (χ1v) is 5.87. The number of hydrogen-bond acceptors (Lipinski definition) is 6. The fourth-order valence-electron chi connectivity index (χ4n) is 1.22. The minimum absolute atomic E-state index is 0.168. The molecule has 1 heterocycles. The van der Waals surface area contributed by atoms with Gasteiger partial charge in [0, 0.05) is 20.6 Å². The second-order valence-electron chi connectivity index (χ2n) is 4.04. The Morgan fingerprint density at radius 3 is 2.65 bits per heavy atom. The minimum atomic E-state index is -0.281. The van der Waals surface area contributed by atoms with Gasteiger partial charge in [-0.15, -0.1) is 0 Å². The summed E-state index contributed by atoms with van der Waals surface area (Å²) in [5.41, 5.74) is 0. The molecule has 0 aliphatic rings.